The van der Waals surface area contributed by atoms with Crippen molar-refractivity contribution in [3.05, 3.63) is 23.5 Å². The summed E-state index contributed by atoms with van der Waals surface area (Å²) in [5.41, 5.74) is 3.28. The van der Waals surface area contributed by atoms with Crippen LogP contribution in [0.2, 0.25) is 0 Å². The maximum atomic E-state index is 10.3. The molecule has 1 saturated carbocycles. The van der Waals surface area contributed by atoms with Crippen LogP contribution in [0.4, 0.5) is 0 Å². The van der Waals surface area contributed by atoms with Crippen LogP contribution in [0.5, 0.6) is 0 Å². The van der Waals surface area contributed by atoms with Gasteiger partial charge in [0.15, 0.2) is 0 Å². The molecule has 18 heavy (non-hydrogen) atoms. The molecule has 1 unspecified atom stereocenters. The van der Waals surface area contributed by atoms with E-state index in [-0.39, 0.29) is 11.5 Å². The van der Waals surface area contributed by atoms with E-state index in [0.29, 0.717) is 5.41 Å². The molecule has 1 atom stereocenters. The van der Waals surface area contributed by atoms with Crippen LogP contribution in [0.3, 0.4) is 0 Å². The Morgan fingerprint density at radius 1 is 1.33 bits per heavy atom. The second-order valence-electron chi connectivity index (χ2n) is 7.57. The third kappa shape index (κ3) is 2.01. The lowest BCUT2D eigenvalue weighted by molar-refractivity contribution is 0.0930. The van der Waals surface area contributed by atoms with Gasteiger partial charge < -0.3 is 9.67 Å². The molecule has 2 aliphatic carbocycles. The number of hydrogen-bond donors (Lipinski definition) is 1. The third-order valence-corrected chi connectivity index (χ3v) is 4.98. The molecule has 0 aromatic carbocycles. The fourth-order valence-electron chi connectivity index (χ4n) is 3.69. The molecular weight excluding hydrogens is 222 g/mol. The van der Waals surface area contributed by atoms with Gasteiger partial charge in [-0.1, -0.05) is 27.2 Å². The van der Waals surface area contributed by atoms with Crippen LogP contribution in [-0.2, 0) is 13.0 Å². The van der Waals surface area contributed by atoms with Crippen LogP contribution in [0, 0.1) is 10.8 Å². The van der Waals surface area contributed by atoms with Gasteiger partial charge in [0.05, 0.1) is 6.10 Å². The van der Waals surface area contributed by atoms with E-state index in [1.165, 1.54) is 30.5 Å². The molecule has 2 heteroatoms. The Balaban J connectivity index is 1.89. The van der Waals surface area contributed by atoms with Crippen molar-refractivity contribution in [3.63, 3.8) is 0 Å². The van der Waals surface area contributed by atoms with Gasteiger partial charge in [-0.15, -0.1) is 0 Å². The predicted molar refractivity (Wildman–Crippen MR) is 73.5 cm³/mol. The van der Waals surface area contributed by atoms with Crippen molar-refractivity contribution >= 4 is 0 Å². The van der Waals surface area contributed by atoms with Gasteiger partial charge in [-0.25, -0.2) is 0 Å². The molecular formula is C16H25NO. The van der Waals surface area contributed by atoms with Crippen molar-refractivity contribution in [2.45, 2.75) is 65.5 Å². The molecule has 3 rings (SSSR count). The summed E-state index contributed by atoms with van der Waals surface area (Å²) in [5, 5.41) is 10.3. The molecule has 1 fully saturated rings. The Morgan fingerprint density at radius 2 is 2.06 bits per heavy atom. The first-order valence-corrected chi connectivity index (χ1v) is 7.25. The number of fused-ring (bicyclic) bond motifs is 1. The van der Waals surface area contributed by atoms with Crippen LogP contribution in [-0.4, -0.2) is 9.67 Å². The average Bonchev–Trinajstić information content (AvgIpc) is 2.57. The summed E-state index contributed by atoms with van der Waals surface area (Å²) in [6.45, 7) is 8.06. The largest absolute Gasteiger partial charge is 0.388 e. The first-order valence-electron chi connectivity index (χ1n) is 7.25. The van der Waals surface area contributed by atoms with Gasteiger partial charge in [-0.3, -0.25) is 0 Å². The normalized spacial score (nSPS) is 28.6. The lowest BCUT2D eigenvalue weighted by Crippen LogP contribution is -2.33. The summed E-state index contributed by atoms with van der Waals surface area (Å²) in [7, 11) is 0. The molecule has 0 spiro atoms. The Labute approximate surface area is 110 Å². The first kappa shape index (κ1) is 12.3. The zero-order chi connectivity index (χ0) is 13.0. The lowest BCUT2D eigenvalue weighted by Gasteiger charge is -2.40. The van der Waals surface area contributed by atoms with E-state index in [1.807, 2.05) is 0 Å². The topological polar surface area (TPSA) is 25.2 Å². The van der Waals surface area contributed by atoms with E-state index < -0.39 is 0 Å². The summed E-state index contributed by atoms with van der Waals surface area (Å²) in [5.74, 6) is 0. The number of aromatic nitrogens is 1. The van der Waals surface area contributed by atoms with Crippen molar-refractivity contribution in [2.24, 2.45) is 10.8 Å². The van der Waals surface area contributed by atoms with Crippen molar-refractivity contribution in [1.82, 2.24) is 4.57 Å². The predicted octanol–water partition coefficient (Wildman–Crippen LogP) is 3.68. The van der Waals surface area contributed by atoms with Gasteiger partial charge in [0, 0.05) is 24.0 Å². The number of nitrogens with zero attached hydrogens (tertiary/aromatic N) is 1. The monoisotopic (exact) mass is 247 g/mol. The third-order valence-electron chi connectivity index (χ3n) is 4.98. The van der Waals surface area contributed by atoms with Crippen molar-refractivity contribution in [1.29, 1.82) is 0 Å². The van der Waals surface area contributed by atoms with Crippen LogP contribution in [0.1, 0.15) is 63.8 Å². The number of hydrogen-bond acceptors (Lipinski definition) is 1. The summed E-state index contributed by atoms with van der Waals surface area (Å²) in [6, 6.07) is 2.14. The lowest BCUT2D eigenvalue weighted by atomic mass is 9.70. The highest BCUT2D eigenvalue weighted by molar-refractivity contribution is 5.29. The zero-order valence-electron chi connectivity index (χ0n) is 11.9. The van der Waals surface area contributed by atoms with E-state index >= 15 is 0 Å². The summed E-state index contributed by atoms with van der Waals surface area (Å²) < 4.78 is 2.42. The van der Waals surface area contributed by atoms with Gasteiger partial charge in [-0.2, -0.15) is 0 Å². The highest BCUT2D eigenvalue weighted by Crippen LogP contribution is 2.45. The Hall–Kier alpha value is -0.760. The summed E-state index contributed by atoms with van der Waals surface area (Å²) in [4.78, 5) is 0. The SMILES string of the molecule is CC1(C)Cc2c(ccn2CC2(C)CCC2)C(O)C1. The Bertz CT molecular complexity index is 454. The van der Waals surface area contributed by atoms with Crippen LogP contribution in [0.25, 0.3) is 0 Å². The number of aliphatic hydroxyl groups excluding tert-OH is 1. The minimum atomic E-state index is -0.265. The Morgan fingerprint density at radius 3 is 2.67 bits per heavy atom. The highest BCUT2D eigenvalue weighted by atomic mass is 16.3. The molecule has 2 aliphatic rings. The van der Waals surface area contributed by atoms with Crippen molar-refractivity contribution in [2.75, 3.05) is 0 Å². The minimum absolute atomic E-state index is 0.225. The van der Waals surface area contributed by atoms with Crippen molar-refractivity contribution in [3.8, 4) is 0 Å². The molecule has 1 heterocycles. The van der Waals surface area contributed by atoms with E-state index in [0.717, 1.165) is 19.4 Å². The van der Waals surface area contributed by atoms with E-state index in [1.54, 1.807) is 0 Å². The van der Waals surface area contributed by atoms with Gasteiger partial charge in [0.1, 0.15) is 0 Å². The Kier molecular flexibility index (Phi) is 2.64. The molecule has 1 aromatic rings. The fourth-order valence-corrected chi connectivity index (χ4v) is 3.69. The molecule has 0 radical (unpaired) electrons. The molecule has 100 valence electrons. The van der Waals surface area contributed by atoms with Gasteiger partial charge in [0.25, 0.3) is 0 Å². The van der Waals surface area contributed by atoms with Gasteiger partial charge in [0.2, 0.25) is 0 Å². The number of aliphatic hydroxyl groups is 1. The minimum Gasteiger partial charge on any atom is -0.388 e. The maximum Gasteiger partial charge on any atom is 0.0812 e. The van der Waals surface area contributed by atoms with Gasteiger partial charge >= 0.3 is 0 Å². The highest BCUT2D eigenvalue weighted by Gasteiger charge is 2.36. The van der Waals surface area contributed by atoms with E-state index in [2.05, 4.69) is 37.6 Å². The second kappa shape index (κ2) is 3.86. The van der Waals surface area contributed by atoms with E-state index in [4.69, 9.17) is 0 Å². The standard InChI is InChI=1S/C16H25NO/c1-15(2)9-13-12(14(18)10-15)5-8-17(13)11-16(3)6-4-7-16/h5,8,14,18H,4,6-7,9-11H2,1-3H3. The summed E-state index contributed by atoms with van der Waals surface area (Å²) >= 11 is 0. The van der Waals surface area contributed by atoms with E-state index in [9.17, 15) is 5.11 Å². The molecule has 1 aromatic heterocycles. The molecule has 1 N–H and O–H groups in total. The maximum absolute atomic E-state index is 10.3. The van der Waals surface area contributed by atoms with Crippen LogP contribution in [0.15, 0.2) is 12.3 Å². The van der Waals surface area contributed by atoms with Crippen LogP contribution < -0.4 is 0 Å². The zero-order valence-corrected chi connectivity index (χ0v) is 11.9. The fraction of sp³-hybridized carbons (Fsp3) is 0.750. The smallest absolute Gasteiger partial charge is 0.0812 e. The molecule has 0 saturated heterocycles. The first-order chi connectivity index (χ1) is 8.39. The molecule has 0 aliphatic heterocycles. The number of rotatable bonds is 2. The quantitative estimate of drug-likeness (QED) is 0.847. The van der Waals surface area contributed by atoms with Crippen LogP contribution >= 0.6 is 0 Å². The van der Waals surface area contributed by atoms with Gasteiger partial charge in [-0.05, 0) is 42.6 Å². The van der Waals surface area contributed by atoms with Crippen molar-refractivity contribution < 1.29 is 5.11 Å². The second-order valence-corrected chi connectivity index (χ2v) is 7.57. The molecule has 2 nitrogen and oxygen atoms in total. The molecule has 0 bridgehead atoms. The molecule has 0 amide bonds. The summed E-state index contributed by atoms with van der Waals surface area (Å²) in [6.07, 6.45) is 8.01. The average molecular weight is 247 g/mol.